The molecule has 1 amide bonds. The van der Waals surface area contributed by atoms with E-state index in [9.17, 15) is 9.59 Å². The lowest BCUT2D eigenvalue weighted by molar-refractivity contribution is -0.148. The number of nitrogens with one attached hydrogen (secondary N) is 1. The highest BCUT2D eigenvalue weighted by Crippen LogP contribution is 2.19. The third-order valence-electron chi connectivity index (χ3n) is 3.65. The fourth-order valence-electron chi connectivity index (χ4n) is 2.33. The van der Waals surface area contributed by atoms with Gasteiger partial charge in [0.1, 0.15) is 0 Å². The smallest absolute Gasteiger partial charge is 0.331 e. The monoisotopic (exact) mass is 347 g/mol. The summed E-state index contributed by atoms with van der Waals surface area (Å²) in [6.07, 6.45) is 6.33. The minimum atomic E-state index is -0.930. The van der Waals surface area contributed by atoms with Crippen LogP contribution in [-0.4, -0.2) is 27.9 Å². The zero-order valence-corrected chi connectivity index (χ0v) is 14.1. The summed E-state index contributed by atoms with van der Waals surface area (Å²) in [5.41, 5.74) is 1.17. The number of carbonyl (C=O) groups is 2. The Morgan fingerprint density at radius 3 is 2.69 bits per heavy atom. The van der Waals surface area contributed by atoms with Crippen molar-refractivity contribution in [1.82, 2.24) is 9.97 Å². The van der Waals surface area contributed by atoms with E-state index in [1.165, 1.54) is 37.7 Å². The molecule has 0 aliphatic heterocycles. The van der Waals surface area contributed by atoms with Crippen LogP contribution in [0.2, 0.25) is 0 Å². The molecule has 0 unspecified atom stereocenters. The predicted octanol–water partition coefficient (Wildman–Crippen LogP) is 3.21. The van der Waals surface area contributed by atoms with Gasteiger partial charge in [0.25, 0.3) is 5.91 Å². The second-order valence-corrected chi connectivity index (χ2v) is 5.59. The van der Waals surface area contributed by atoms with Gasteiger partial charge < -0.3 is 10.1 Å². The number of fused-ring (bicyclic) bond motifs is 1. The zero-order chi connectivity index (χ0) is 18.4. The SMILES string of the molecule is C[C@H](OC(=O)/C=C/c1cnccn1)C(=O)Nc1ccc2ccccc2c1. The largest absolute Gasteiger partial charge is 0.449 e. The molecule has 0 aliphatic rings. The first-order valence-corrected chi connectivity index (χ1v) is 8.06. The minimum absolute atomic E-state index is 0.401. The van der Waals surface area contributed by atoms with Gasteiger partial charge in [0.15, 0.2) is 6.10 Å². The lowest BCUT2D eigenvalue weighted by Crippen LogP contribution is -2.29. The molecule has 0 saturated carbocycles. The van der Waals surface area contributed by atoms with Crippen LogP contribution in [0.15, 0.2) is 67.1 Å². The molecule has 1 N–H and O–H groups in total. The summed E-state index contributed by atoms with van der Waals surface area (Å²) in [6, 6.07) is 13.4. The van der Waals surface area contributed by atoms with Crippen molar-refractivity contribution < 1.29 is 14.3 Å². The van der Waals surface area contributed by atoms with Crippen molar-refractivity contribution >= 4 is 34.4 Å². The maximum atomic E-state index is 12.2. The van der Waals surface area contributed by atoms with E-state index in [4.69, 9.17) is 4.74 Å². The van der Waals surface area contributed by atoms with Gasteiger partial charge in [-0.1, -0.05) is 30.3 Å². The van der Waals surface area contributed by atoms with E-state index in [0.717, 1.165) is 10.8 Å². The molecule has 1 aromatic heterocycles. The van der Waals surface area contributed by atoms with E-state index in [1.54, 1.807) is 0 Å². The Bertz CT molecular complexity index is 955. The Labute approximate surface area is 150 Å². The highest BCUT2D eigenvalue weighted by molar-refractivity contribution is 5.98. The van der Waals surface area contributed by atoms with E-state index >= 15 is 0 Å². The van der Waals surface area contributed by atoms with Crippen molar-refractivity contribution in [1.29, 1.82) is 0 Å². The van der Waals surface area contributed by atoms with Crippen LogP contribution < -0.4 is 5.32 Å². The van der Waals surface area contributed by atoms with Crippen LogP contribution in [0.5, 0.6) is 0 Å². The molecule has 0 aliphatic carbocycles. The van der Waals surface area contributed by atoms with Gasteiger partial charge in [-0.05, 0) is 35.9 Å². The van der Waals surface area contributed by atoms with Crippen molar-refractivity contribution in [3.63, 3.8) is 0 Å². The minimum Gasteiger partial charge on any atom is -0.449 e. The summed E-state index contributed by atoms with van der Waals surface area (Å²) in [5, 5.41) is 4.85. The molecular weight excluding hydrogens is 330 g/mol. The highest BCUT2D eigenvalue weighted by atomic mass is 16.5. The number of carbonyl (C=O) groups excluding carboxylic acids is 2. The van der Waals surface area contributed by atoms with Crippen LogP contribution in [0.25, 0.3) is 16.8 Å². The van der Waals surface area contributed by atoms with E-state index < -0.39 is 18.0 Å². The summed E-state index contributed by atoms with van der Waals surface area (Å²) >= 11 is 0. The lowest BCUT2D eigenvalue weighted by Gasteiger charge is -2.12. The molecule has 0 fully saturated rings. The number of hydrogen-bond donors (Lipinski definition) is 1. The van der Waals surface area contributed by atoms with Crippen molar-refractivity contribution in [2.24, 2.45) is 0 Å². The number of esters is 1. The van der Waals surface area contributed by atoms with Gasteiger partial charge in [0.2, 0.25) is 0 Å². The van der Waals surface area contributed by atoms with Crippen molar-refractivity contribution in [2.75, 3.05) is 5.32 Å². The Morgan fingerprint density at radius 1 is 1.12 bits per heavy atom. The maximum Gasteiger partial charge on any atom is 0.331 e. The number of benzene rings is 2. The van der Waals surface area contributed by atoms with Gasteiger partial charge in [0.05, 0.1) is 11.9 Å². The quantitative estimate of drug-likeness (QED) is 0.566. The molecule has 3 rings (SSSR count). The number of anilines is 1. The first kappa shape index (κ1) is 17.3. The molecule has 0 saturated heterocycles. The molecule has 1 heterocycles. The van der Waals surface area contributed by atoms with Crippen LogP contribution in [0.4, 0.5) is 5.69 Å². The third kappa shape index (κ3) is 4.51. The van der Waals surface area contributed by atoms with Gasteiger partial charge in [-0.25, -0.2) is 4.79 Å². The first-order chi connectivity index (χ1) is 12.6. The normalized spacial score (nSPS) is 12.0. The van der Waals surface area contributed by atoms with E-state index in [-0.39, 0.29) is 0 Å². The molecule has 0 spiro atoms. The Kier molecular flexibility index (Phi) is 5.34. The predicted molar refractivity (Wildman–Crippen MR) is 99.2 cm³/mol. The second kappa shape index (κ2) is 8.02. The lowest BCUT2D eigenvalue weighted by atomic mass is 10.1. The zero-order valence-electron chi connectivity index (χ0n) is 14.1. The standard InChI is InChI=1S/C20H17N3O3/c1-14(26-19(24)9-8-18-13-21-10-11-22-18)20(25)23-17-7-6-15-4-2-3-5-16(15)12-17/h2-14H,1H3,(H,23,25)/b9-8+/t14-/m0/s1. The second-order valence-electron chi connectivity index (χ2n) is 5.59. The van der Waals surface area contributed by atoms with Gasteiger partial charge >= 0.3 is 5.97 Å². The molecule has 6 nitrogen and oxygen atoms in total. The van der Waals surface area contributed by atoms with Crippen molar-refractivity contribution in [2.45, 2.75) is 13.0 Å². The van der Waals surface area contributed by atoms with Gasteiger partial charge in [-0.15, -0.1) is 0 Å². The van der Waals surface area contributed by atoms with Crippen LogP contribution >= 0.6 is 0 Å². The molecule has 3 aromatic rings. The maximum absolute atomic E-state index is 12.2. The number of hydrogen-bond acceptors (Lipinski definition) is 5. The summed E-state index contributed by atoms with van der Waals surface area (Å²) in [7, 11) is 0. The van der Waals surface area contributed by atoms with E-state index in [1.807, 2.05) is 42.5 Å². The molecule has 130 valence electrons. The number of nitrogens with zero attached hydrogens (tertiary/aromatic N) is 2. The molecule has 6 heteroatoms. The van der Waals surface area contributed by atoms with Crippen LogP contribution in [-0.2, 0) is 14.3 Å². The summed E-state index contributed by atoms with van der Waals surface area (Å²) in [4.78, 5) is 31.9. The highest BCUT2D eigenvalue weighted by Gasteiger charge is 2.16. The van der Waals surface area contributed by atoms with Gasteiger partial charge in [-0.3, -0.25) is 14.8 Å². The fraction of sp³-hybridized carbons (Fsp3) is 0.100. The van der Waals surface area contributed by atoms with E-state index in [2.05, 4.69) is 15.3 Å². The number of amides is 1. The Hall–Kier alpha value is -3.54. The molecule has 0 radical (unpaired) electrons. The summed E-state index contributed by atoms with van der Waals surface area (Å²) in [6.45, 7) is 1.52. The topological polar surface area (TPSA) is 81.2 Å². The molecule has 1 atom stereocenters. The van der Waals surface area contributed by atoms with Gasteiger partial charge in [-0.2, -0.15) is 0 Å². The fourth-order valence-corrected chi connectivity index (χ4v) is 2.33. The van der Waals surface area contributed by atoms with Crippen LogP contribution in [0.3, 0.4) is 0 Å². The van der Waals surface area contributed by atoms with Crippen LogP contribution in [0, 0.1) is 0 Å². The average molecular weight is 347 g/mol. The van der Waals surface area contributed by atoms with E-state index in [0.29, 0.717) is 11.4 Å². The molecule has 2 aromatic carbocycles. The number of aromatic nitrogens is 2. The molecular formula is C20H17N3O3. The molecule has 26 heavy (non-hydrogen) atoms. The Balaban J connectivity index is 1.58. The van der Waals surface area contributed by atoms with Gasteiger partial charge in [0, 0.05) is 24.2 Å². The summed E-state index contributed by atoms with van der Waals surface area (Å²) < 4.78 is 5.11. The van der Waals surface area contributed by atoms with Crippen LogP contribution in [0.1, 0.15) is 12.6 Å². The van der Waals surface area contributed by atoms with Crippen molar-refractivity contribution in [3.05, 3.63) is 72.8 Å². The van der Waals surface area contributed by atoms with Crippen molar-refractivity contribution in [3.8, 4) is 0 Å². The Morgan fingerprint density at radius 2 is 1.92 bits per heavy atom. The third-order valence-corrected chi connectivity index (χ3v) is 3.65. The molecule has 0 bridgehead atoms. The number of rotatable bonds is 5. The average Bonchev–Trinajstić information content (AvgIpc) is 2.67. The number of ether oxygens (including phenoxy) is 1. The summed E-state index contributed by atoms with van der Waals surface area (Å²) in [5.74, 6) is -1.03. The first-order valence-electron chi connectivity index (χ1n) is 8.06.